The highest BCUT2D eigenvalue weighted by Crippen LogP contribution is 2.30. The fraction of sp³-hybridized carbons (Fsp3) is 0.167. The van der Waals surface area contributed by atoms with E-state index in [1.807, 2.05) is 66.9 Å². The van der Waals surface area contributed by atoms with Crippen LogP contribution in [0.25, 0.3) is 21.7 Å². The molecule has 5 nitrogen and oxygen atoms in total. The summed E-state index contributed by atoms with van der Waals surface area (Å²) in [5.74, 6) is -0.367. The number of amides is 2. The van der Waals surface area contributed by atoms with Gasteiger partial charge in [-0.25, -0.2) is 0 Å². The molecule has 1 heterocycles. The summed E-state index contributed by atoms with van der Waals surface area (Å²) in [5.41, 5.74) is 2.33. The molecular formula is C24H22N2O3S. The molecule has 0 fully saturated rings. The maximum atomic E-state index is 12.8. The molecule has 0 aliphatic rings. The SMILES string of the molecule is CSc1ccccc1NC(=O)CN(C)C(=O)Cc1coc2ccc3ccccc3c12. The van der Waals surface area contributed by atoms with Gasteiger partial charge in [-0.2, -0.15) is 0 Å². The molecule has 3 aromatic carbocycles. The van der Waals surface area contributed by atoms with E-state index >= 15 is 0 Å². The molecule has 0 saturated carbocycles. The molecule has 0 saturated heterocycles. The lowest BCUT2D eigenvalue weighted by molar-refractivity contribution is -0.132. The van der Waals surface area contributed by atoms with Gasteiger partial charge in [-0.3, -0.25) is 9.59 Å². The van der Waals surface area contributed by atoms with Gasteiger partial charge in [0.25, 0.3) is 0 Å². The Labute approximate surface area is 179 Å². The van der Waals surface area contributed by atoms with Crippen molar-refractivity contribution in [1.29, 1.82) is 0 Å². The summed E-state index contributed by atoms with van der Waals surface area (Å²) in [6.45, 7) is -0.0158. The van der Waals surface area contributed by atoms with E-state index < -0.39 is 0 Å². The molecule has 2 amide bonds. The predicted molar refractivity (Wildman–Crippen MR) is 122 cm³/mol. The highest BCUT2D eigenvalue weighted by atomic mass is 32.2. The van der Waals surface area contributed by atoms with Gasteiger partial charge in [0.2, 0.25) is 11.8 Å². The molecule has 152 valence electrons. The molecule has 0 radical (unpaired) electrons. The molecule has 4 rings (SSSR count). The second kappa shape index (κ2) is 8.63. The first-order chi connectivity index (χ1) is 14.6. The molecule has 0 aliphatic heterocycles. The Balaban J connectivity index is 1.47. The Morgan fingerprint density at radius 2 is 1.80 bits per heavy atom. The number of fused-ring (bicyclic) bond motifs is 3. The average Bonchev–Trinajstić information content (AvgIpc) is 3.17. The molecule has 4 aromatic rings. The van der Waals surface area contributed by atoms with Gasteiger partial charge < -0.3 is 14.6 Å². The van der Waals surface area contributed by atoms with Crippen LogP contribution in [0, 0.1) is 0 Å². The zero-order valence-electron chi connectivity index (χ0n) is 16.8. The van der Waals surface area contributed by atoms with Gasteiger partial charge in [0.15, 0.2) is 0 Å². The molecule has 6 heteroatoms. The minimum absolute atomic E-state index is 0.0158. The third kappa shape index (κ3) is 4.04. The first-order valence-corrected chi connectivity index (χ1v) is 10.8. The van der Waals surface area contributed by atoms with Crippen LogP contribution < -0.4 is 5.32 Å². The normalized spacial score (nSPS) is 11.0. The standard InChI is InChI=1S/C24H22N2O3S/c1-26(14-22(27)25-19-9-5-6-10-21(19)30-2)23(28)13-17-15-29-20-12-11-16-7-3-4-8-18(16)24(17)20/h3-12,15H,13-14H2,1-2H3,(H,25,27). The number of hydrogen-bond acceptors (Lipinski definition) is 4. The number of carbonyl (C=O) groups excluding carboxylic acids is 2. The Morgan fingerprint density at radius 1 is 1.03 bits per heavy atom. The van der Waals surface area contributed by atoms with Crippen LogP contribution in [0.1, 0.15) is 5.56 Å². The van der Waals surface area contributed by atoms with Crippen molar-refractivity contribution < 1.29 is 14.0 Å². The van der Waals surface area contributed by atoms with E-state index in [2.05, 4.69) is 5.32 Å². The van der Waals surface area contributed by atoms with Crippen LogP contribution in [0.15, 0.2) is 76.2 Å². The maximum Gasteiger partial charge on any atom is 0.244 e. The first-order valence-electron chi connectivity index (χ1n) is 9.61. The summed E-state index contributed by atoms with van der Waals surface area (Å²) in [5, 5.41) is 5.99. The van der Waals surface area contributed by atoms with Crippen LogP contribution in [-0.4, -0.2) is 36.6 Å². The van der Waals surface area contributed by atoms with Crippen LogP contribution in [0.2, 0.25) is 0 Å². The van der Waals surface area contributed by atoms with Crippen molar-refractivity contribution in [2.45, 2.75) is 11.3 Å². The monoisotopic (exact) mass is 418 g/mol. The lowest BCUT2D eigenvalue weighted by atomic mass is 10.0. The number of nitrogens with one attached hydrogen (secondary N) is 1. The molecule has 0 bridgehead atoms. The van der Waals surface area contributed by atoms with Crippen LogP contribution >= 0.6 is 11.8 Å². The quantitative estimate of drug-likeness (QED) is 0.450. The highest BCUT2D eigenvalue weighted by Gasteiger charge is 2.18. The van der Waals surface area contributed by atoms with E-state index in [4.69, 9.17) is 4.42 Å². The predicted octanol–water partition coefficient (Wildman–Crippen LogP) is 4.95. The molecule has 0 unspecified atom stereocenters. The first kappa shape index (κ1) is 20.0. The number of rotatable bonds is 6. The van der Waals surface area contributed by atoms with Crippen molar-refractivity contribution >= 4 is 51.0 Å². The number of anilines is 1. The van der Waals surface area contributed by atoms with E-state index in [1.54, 1.807) is 25.1 Å². The molecule has 0 atom stereocenters. The number of thioether (sulfide) groups is 1. The lowest BCUT2D eigenvalue weighted by Gasteiger charge is -2.17. The Morgan fingerprint density at radius 3 is 2.63 bits per heavy atom. The Kier molecular flexibility index (Phi) is 5.77. The number of carbonyl (C=O) groups is 2. The third-order valence-corrected chi connectivity index (χ3v) is 5.87. The Bertz CT molecular complexity index is 1230. The fourth-order valence-electron chi connectivity index (χ4n) is 3.54. The van der Waals surface area contributed by atoms with Gasteiger partial charge in [-0.05, 0) is 35.2 Å². The molecule has 0 aliphatic carbocycles. The van der Waals surface area contributed by atoms with Crippen LogP contribution in [0.3, 0.4) is 0 Å². The summed E-state index contributed by atoms with van der Waals surface area (Å²) in [4.78, 5) is 27.7. The van der Waals surface area contributed by atoms with E-state index in [1.165, 1.54) is 4.90 Å². The van der Waals surface area contributed by atoms with Crippen molar-refractivity contribution in [2.24, 2.45) is 0 Å². The van der Waals surface area contributed by atoms with Crippen molar-refractivity contribution in [3.63, 3.8) is 0 Å². The van der Waals surface area contributed by atoms with E-state index in [-0.39, 0.29) is 24.8 Å². The summed E-state index contributed by atoms with van der Waals surface area (Å²) < 4.78 is 5.67. The fourth-order valence-corrected chi connectivity index (χ4v) is 4.10. The number of furan rings is 1. The van der Waals surface area contributed by atoms with Crippen LogP contribution in [-0.2, 0) is 16.0 Å². The number of para-hydroxylation sites is 1. The number of hydrogen-bond donors (Lipinski definition) is 1. The largest absolute Gasteiger partial charge is 0.464 e. The summed E-state index contributed by atoms with van der Waals surface area (Å²) >= 11 is 1.56. The smallest absolute Gasteiger partial charge is 0.244 e. The van der Waals surface area contributed by atoms with Gasteiger partial charge in [0.05, 0.1) is 24.9 Å². The van der Waals surface area contributed by atoms with E-state index in [0.717, 1.165) is 37.9 Å². The second-order valence-electron chi connectivity index (χ2n) is 7.10. The summed E-state index contributed by atoms with van der Waals surface area (Å²) in [6, 6.07) is 19.6. The second-order valence-corrected chi connectivity index (χ2v) is 7.94. The van der Waals surface area contributed by atoms with Gasteiger partial charge in [-0.1, -0.05) is 42.5 Å². The van der Waals surface area contributed by atoms with Crippen molar-refractivity contribution in [3.05, 3.63) is 72.5 Å². The van der Waals surface area contributed by atoms with Gasteiger partial charge in [0.1, 0.15) is 5.58 Å². The van der Waals surface area contributed by atoms with Gasteiger partial charge in [0, 0.05) is 22.9 Å². The van der Waals surface area contributed by atoms with Crippen molar-refractivity contribution in [2.75, 3.05) is 25.2 Å². The average molecular weight is 419 g/mol. The van der Waals surface area contributed by atoms with Crippen molar-refractivity contribution in [3.8, 4) is 0 Å². The summed E-state index contributed by atoms with van der Waals surface area (Å²) in [7, 11) is 1.64. The van der Waals surface area contributed by atoms with Crippen LogP contribution in [0.4, 0.5) is 5.69 Å². The van der Waals surface area contributed by atoms with Crippen LogP contribution in [0.5, 0.6) is 0 Å². The van der Waals surface area contributed by atoms with E-state index in [9.17, 15) is 9.59 Å². The lowest BCUT2D eigenvalue weighted by Crippen LogP contribution is -2.35. The summed E-state index contributed by atoms with van der Waals surface area (Å²) in [6.07, 6.45) is 3.77. The molecule has 1 aromatic heterocycles. The minimum atomic E-state index is -0.227. The molecule has 1 N–H and O–H groups in total. The number of benzene rings is 3. The molecular weight excluding hydrogens is 396 g/mol. The topological polar surface area (TPSA) is 62.6 Å². The zero-order valence-corrected chi connectivity index (χ0v) is 17.7. The van der Waals surface area contributed by atoms with Gasteiger partial charge in [-0.15, -0.1) is 11.8 Å². The maximum absolute atomic E-state index is 12.8. The zero-order chi connectivity index (χ0) is 21.1. The number of nitrogens with zero attached hydrogens (tertiary/aromatic N) is 1. The molecule has 0 spiro atoms. The van der Waals surface area contributed by atoms with Crippen molar-refractivity contribution in [1.82, 2.24) is 4.90 Å². The van der Waals surface area contributed by atoms with E-state index in [0.29, 0.717) is 0 Å². The minimum Gasteiger partial charge on any atom is -0.464 e. The third-order valence-electron chi connectivity index (χ3n) is 5.07. The number of likely N-dealkylation sites (N-methyl/N-ethyl adjacent to an activating group) is 1. The molecule has 30 heavy (non-hydrogen) atoms. The Hall–Kier alpha value is -3.25. The highest BCUT2D eigenvalue weighted by molar-refractivity contribution is 7.98. The van der Waals surface area contributed by atoms with Gasteiger partial charge >= 0.3 is 0 Å².